The van der Waals surface area contributed by atoms with Crippen LogP contribution < -0.4 is 10.6 Å². The summed E-state index contributed by atoms with van der Waals surface area (Å²) in [5, 5.41) is 5.12. The molecule has 1 aliphatic rings. The molecular weight excluding hydrogens is 159 g/mol. The molecule has 2 rings (SSSR count). The van der Waals surface area contributed by atoms with Gasteiger partial charge in [0.1, 0.15) is 5.82 Å². The van der Waals surface area contributed by atoms with E-state index in [1.54, 1.807) is 6.07 Å². The summed E-state index contributed by atoms with van der Waals surface area (Å²) in [7, 11) is 0. The maximum atomic E-state index is 12.7. The second-order valence-electron chi connectivity index (χ2n) is 2.61. The van der Waals surface area contributed by atoms with Gasteiger partial charge in [-0.15, -0.1) is 0 Å². The van der Waals surface area contributed by atoms with Gasteiger partial charge in [-0.2, -0.15) is 0 Å². The molecule has 2 amide bonds. The van der Waals surface area contributed by atoms with Crippen molar-refractivity contribution in [2.45, 2.75) is 6.54 Å². The molecule has 1 aromatic rings. The van der Waals surface area contributed by atoms with E-state index >= 15 is 0 Å². The zero-order chi connectivity index (χ0) is 8.55. The summed E-state index contributed by atoms with van der Waals surface area (Å²) in [4.78, 5) is 10.8. The van der Waals surface area contributed by atoms with Crippen LogP contribution in [0.4, 0.5) is 14.9 Å². The van der Waals surface area contributed by atoms with Gasteiger partial charge in [-0.25, -0.2) is 9.18 Å². The number of hydrogen-bond acceptors (Lipinski definition) is 1. The summed E-state index contributed by atoms with van der Waals surface area (Å²) in [5.41, 5.74) is 1.45. The minimum absolute atomic E-state index is 0.242. The normalized spacial score (nSPS) is 14.6. The summed E-state index contributed by atoms with van der Waals surface area (Å²) in [6.07, 6.45) is 0. The molecule has 0 saturated carbocycles. The second-order valence-corrected chi connectivity index (χ2v) is 2.61. The molecule has 1 heterocycles. The van der Waals surface area contributed by atoms with Crippen LogP contribution in [0.2, 0.25) is 0 Å². The number of rotatable bonds is 0. The molecule has 0 bridgehead atoms. The van der Waals surface area contributed by atoms with E-state index in [1.165, 1.54) is 12.1 Å². The van der Waals surface area contributed by atoms with Crippen molar-refractivity contribution < 1.29 is 9.18 Å². The summed E-state index contributed by atoms with van der Waals surface area (Å²) in [5.74, 6) is -0.285. The summed E-state index contributed by atoms with van der Waals surface area (Å²) >= 11 is 0. The minimum atomic E-state index is -0.285. The average molecular weight is 166 g/mol. The van der Waals surface area contributed by atoms with Gasteiger partial charge in [-0.3, -0.25) is 0 Å². The van der Waals surface area contributed by atoms with Crippen molar-refractivity contribution in [3.05, 3.63) is 29.6 Å². The number of anilines is 1. The first kappa shape index (κ1) is 7.09. The molecule has 0 unspecified atom stereocenters. The highest BCUT2D eigenvalue weighted by molar-refractivity contribution is 5.92. The molecule has 0 saturated heterocycles. The van der Waals surface area contributed by atoms with Gasteiger partial charge in [-0.1, -0.05) is 0 Å². The molecule has 4 heteroatoms. The first-order valence-corrected chi connectivity index (χ1v) is 3.59. The summed E-state index contributed by atoms with van der Waals surface area (Å²) in [6, 6.07) is 4.05. The number of urea groups is 1. The van der Waals surface area contributed by atoms with Gasteiger partial charge in [0.2, 0.25) is 0 Å². The highest BCUT2D eigenvalue weighted by atomic mass is 19.1. The highest BCUT2D eigenvalue weighted by Gasteiger charge is 2.13. The zero-order valence-electron chi connectivity index (χ0n) is 6.23. The Morgan fingerprint density at radius 1 is 1.42 bits per heavy atom. The van der Waals surface area contributed by atoms with Crippen LogP contribution in [0.5, 0.6) is 0 Å². The number of amides is 2. The SMILES string of the molecule is O=C1NCc2cc(F)ccc2N1. The van der Waals surface area contributed by atoms with Crippen molar-refractivity contribution in [2.75, 3.05) is 5.32 Å². The fraction of sp³-hybridized carbons (Fsp3) is 0.125. The minimum Gasteiger partial charge on any atom is -0.334 e. The van der Waals surface area contributed by atoms with Crippen LogP contribution in [0.1, 0.15) is 5.56 Å². The molecule has 0 radical (unpaired) electrons. The Bertz CT molecular complexity index is 338. The predicted molar refractivity (Wildman–Crippen MR) is 42.3 cm³/mol. The number of fused-ring (bicyclic) bond motifs is 1. The topological polar surface area (TPSA) is 41.1 Å². The Labute approximate surface area is 68.6 Å². The molecule has 3 nitrogen and oxygen atoms in total. The highest BCUT2D eigenvalue weighted by Crippen LogP contribution is 2.19. The maximum Gasteiger partial charge on any atom is 0.319 e. The molecular formula is C8H7FN2O. The van der Waals surface area contributed by atoms with E-state index in [-0.39, 0.29) is 11.8 Å². The second kappa shape index (κ2) is 2.48. The van der Waals surface area contributed by atoms with E-state index in [2.05, 4.69) is 10.6 Å². The van der Waals surface area contributed by atoms with Gasteiger partial charge in [-0.05, 0) is 23.8 Å². The number of nitrogens with one attached hydrogen (secondary N) is 2. The first-order valence-electron chi connectivity index (χ1n) is 3.59. The van der Waals surface area contributed by atoms with E-state index in [9.17, 15) is 9.18 Å². The van der Waals surface area contributed by atoms with Crippen molar-refractivity contribution in [3.8, 4) is 0 Å². The standard InChI is InChI=1S/C8H7FN2O/c9-6-1-2-7-5(3-6)4-10-8(12)11-7/h1-3H,4H2,(H2,10,11,12). The van der Waals surface area contributed by atoms with E-state index in [0.717, 1.165) is 5.56 Å². The van der Waals surface area contributed by atoms with Crippen LogP contribution >= 0.6 is 0 Å². The van der Waals surface area contributed by atoms with E-state index in [4.69, 9.17) is 0 Å². The summed E-state index contributed by atoms with van der Waals surface area (Å²) < 4.78 is 12.7. The lowest BCUT2D eigenvalue weighted by atomic mass is 10.1. The third-order valence-corrected chi connectivity index (χ3v) is 1.75. The molecule has 1 aromatic carbocycles. The van der Waals surface area contributed by atoms with Gasteiger partial charge in [0, 0.05) is 12.2 Å². The van der Waals surface area contributed by atoms with Gasteiger partial charge >= 0.3 is 6.03 Å². The molecule has 2 N–H and O–H groups in total. The van der Waals surface area contributed by atoms with Crippen molar-refractivity contribution >= 4 is 11.7 Å². The molecule has 0 fully saturated rings. The van der Waals surface area contributed by atoms with Crippen LogP contribution in [0.15, 0.2) is 18.2 Å². The predicted octanol–water partition coefficient (Wildman–Crippen LogP) is 1.46. The Morgan fingerprint density at radius 2 is 2.25 bits per heavy atom. The quantitative estimate of drug-likeness (QED) is 0.601. The lowest BCUT2D eigenvalue weighted by Crippen LogP contribution is -2.33. The van der Waals surface area contributed by atoms with Crippen molar-refractivity contribution in [3.63, 3.8) is 0 Å². The van der Waals surface area contributed by atoms with Crippen LogP contribution in [0.3, 0.4) is 0 Å². The monoisotopic (exact) mass is 166 g/mol. The fourth-order valence-electron chi connectivity index (χ4n) is 1.17. The molecule has 1 aliphatic heterocycles. The van der Waals surface area contributed by atoms with Crippen molar-refractivity contribution in [1.82, 2.24) is 5.32 Å². The Hall–Kier alpha value is -1.58. The lowest BCUT2D eigenvalue weighted by molar-refractivity contribution is 0.251. The molecule has 0 atom stereocenters. The maximum absolute atomic E-state index is 12.7. The van der Waals surface area contributed by atoms with Crippen LogP contribution in [0, 0.1) is 5.82 Å². The molecule has 0 aliphatic carbocycles. The lowest BCUT2D eigenvalue weighted by Gasteiger charge is -2.17. The van der Waals surface area contributed by atoms with Crippen LogP contribution in [-0.4, -0.2) is 6.03 Å². The largest absolute Gasteiger partial charge is 0.334 e. The molecule has 0 aromatic heterocycles. The van der Waals surface area contributed by atoms with Crippen molar-refractivity contribution in [1.29, 1.82) is 0 Å². The Morgan fingerprint density at radius 3 is 3.08 bits per heavy atom. The number of carbonyl (C=O) groups is 1. The smallest absolute Gasteiger partial charge is 0.319 e. The number of benzene rings is 1. The number of hydrogen-bond donors (Lipinski definition) is 2. The molecule has 0 spiro atoms. The van der Waals surface area contributed by atoms with Gasteiger partial charge in [0.25, 0.3) is 0 Å². The first-order chi connectivity index (χ1) is 5.75. The average Bonchev–Trinajstić information content (AvgIpc) is 2.05. The zero-order valence-corrected chi connectivity index (χ0v) is 6.23. The van der Waals surface area contributed by atoms with E-state index < -0.39 is 0 Å². The van der Waals surface area contributed by atoms with E-state index in [0.29, 0.717) is 12.2 Å². The summed E-state index contributed by atoms with van der Waals surface area (Å²) in [6.45, 7) is 0.388. The fourth-order valence-corrected chi connectivity index (χ4v) is 1.17. The third-order valence-electron chi connectivity index (χ3n) is 1.75. The van der Waals surface area contributed by atoms with Gasteiger partial charge < -0.3 is 10.6 Å². The van der Waals surface area contributed by atoms with Gasteiger partial charge in [0.15, 0.2) is 0 Å². The van der Waals surface area contributed by atoms with Crippen molar-refractivity contribution in [2.24, 2.45) is 0 Å². The molecule has 62 valence electrons. The number of carbonyl (C=O) groups excluding carboxylic acids is 1. The van der Waals surface area contributed by atoms with Gasteiger partial charge in [0.05, 0.1) is 0 Å². The third kappa shape index (κ3) is 1.11. The Balaban J connectivity index is 2.43. The van der Waals surface area contributed by atoms with Crippen LogP contribution in [0.25, 0.3) is 0 Å². The van der Waals surface area contributed by atoms with Crippen LogP contribution in [-0.2, 0) is 6.54 Å². The Kier molecular flexibility index (Phi) is 1.46. The molecule has 12 heavy (non-hydrogen) atoms. The number of halogens is 1. The van der Waals surface area contributed by atoms with E-state index in [1.807, 2.05) is 0 Å².